The predicted octanol–water partition coefficient (Wildman–Crippen LogP) is 7.01. The first-order valence-corrected chi connectivity index (χ1v) is 11.2. The maximum atomic E-state index is 12.7. The number of nitrogens with one attached hydrogen (secondary N) is 2. The van der Waals surface area contributed by atoms with E-state index in [-0.39, 0.29) is 11.8 Å². The van der Waals surface area contributed by atoms with E-state index in [4.69, 9.17) is 0 Å². The Labute approximate surface area is 191 Å². The number of hydrogen-bond donors (Lipinski definition) is 2. The van der Waals surface area contributed by atoms with Crippen LogP contribution in [0.25, 0.3) is 11.3 Å². The van der Waals surface area contributed by atoms with Crippen LogP contribution in [0.5, 0.6) is 5.75 Å². The zero-order chi connectivity index (χ0) is 23.4. The topological polar surface area (TPSA) is 59.1 Å². The van der Waals surface area contributed by atoms with Crippen molar-refractivity contribution in [3.63, 3.8) is 0 Å². The molecule has 0 radical (unpaired) electrons. The second-order valence-electron chi connectivity index (χ2n) is 8.25. The van der Waals surface area contributed by atoms with E-state index in [1.807, 2.05) is 19.1 Å². The number of hydrogen-bond acceptors (Lipinski definition) is 5. The highest BCUT2D eigenvalue weighted by Gasteiger charge is 2.31. The normalized spacial score (nSPS) is 14.3. The number of benzene rings is 2. The molecular formula is C25H27F3N4O. The van der Waals surface area contributed by atoms with Crippen LogP contribution in [0.1, 0.15) is 43.7 Å². The number of anilines is 3. The molecule has 0 spiro atoms. The molecule has 5 nitrogen and oxygen atoms in total. The van der Waals surface area contributed by atoms with Crippen molar-refractivity contribution in [2.24, 2.45) is 0 Å². The molecule has 0 unspecified atom stereocenters. The number of aryl methyl sites for hydroxylation is 2. The van der Waals surface area contributed by atoms with Crippen LogP contribution in [0.2, 0.25) is 0 Å². The molecule has 1 aliphatic rings. The molecule has 0 aliphatic heterocycles. The first-order chi connectivity index (χ1) is 15.8. The van der Waals surface area contributed by atoms with E-state index in [0.29, 0.717) is 23.0 Å². The van der Waals surface area contributed by atoms with Crippen molar-refractivity contribution in [3.8, 4) is 17.0 Å². The Morgan fingerprint density at radius 2 is 1.79 bits per heavy atom. The second-order valence-corrected chi connectivity index (χ2v) is 8.25. The summed E-state index contributed by atoms with van der Waals surface area (Å²) in [4.78, 5) is 9.28. The highest BCUT2D eigenvalue weighted by atomic mass is 19.4. The monoisotopic (exact) mass is 456 g/mol. The average molecular weight is 457 g/mol. The van der Waals surface area contributed by atoms with Crippen molar-refractivity contribution >= 4 is 17.5 Å². The summed E-state index contributed by atoms with van der Waals surface area (Å²) in [7, 11) is 0. The Bertz CT molecular complexity index is 1110. The van der Waals surface area contributed by atoms with Gasteiger partial charge in [-0.3, -0.25) is 0 Å². The van der Waals surface area contributed by atoms with E-state index in [1.54, 1.807) is 12.1 Å². The number of rotatable bonds is 7. The lowest BCUT2D eigenvalue weighted by atomic mass is 10.1. The van der Waals surface area contributed by atoms with E-state index >= 15 is 0 Å². The Balaban J connectivity index is 1.72. The Kier molecular flexibility index (Phi) is 6.72. The summed E-state index contributed by atoms with van der Waals surface area (Å²) in [5.41, 5.74) is 4.23. The molecule has 1 aromatic heterocycles. The summed E-state index contributed by atoms with van der Waals surface area (Å²) < 4.78 is 42.2. The number of halogens is 3. The minimum absolute atomic E-state index is 0.286. The lowest BCUT2D eigenvalue weighted by molar-refractivity contribution is -0.274. The molecular weight excluding hydrogens is 429 g/mol. The summed E-state index contributed by atoms with van der Waals surface area (Å²) in [6.45, 7) is 4.11. The van der Waals surface area contributed by atoms with E-state index in [2.05, 4.69) is 38.3 Å². The number of nitrogens with zero attached hydrogens (tertiary/aromatic N) is 2. The first kappa shape index (κ1) is 22.9. The van der Waals surface area contributed by atoms with Gasteiger partial charge in [0.25, 0.3) is 0 Å². The van der Waals surface area contributed by atoms with Crippen LogP contribution in [-0.2, 0) is 6.42 Å². The third kappa shape index (κ3) is 5.94. The molecule has 8 heteroatoms. The molecule has 1 aliphatic carbocycles. The molecule has 0 saturated heterocycles. The summed E-state index contributed by atoms with van der Waals surface area (Å²) in [6, 6.07) is 14.0. The predicted molar refractivity (Wildman–Crippen MR) is 124 cm³/mol. The molecule has 4 rings (SSSR count). The Hall–Kier alpha value is -3.29. The van der Waals surface area contributed by atoms with E-state index < -0.39 is 6.36 Å². The maximum Gasteiger partial charge on any atom is 0.573 e. The van der Waals surface area contributed by atoms with Gasteiger partial charge in [0.05, 0.1) is 5.69 Å². The summed E-state index contributed by atoms with van der Waals surface area (Å²) in [5.74, 6) is 0.743. The quantitative estimate of drug-likeness (QED) is 0.400. The van der Waals surface area contributed by atoms with Gasteiger partial charge in [-0.1, -0.05) is 50.1 Å². The van der Waals surface area contributed by atoms with Crippen LogP contribution in [0.3, 0.4) is 0 Å². The van der Waals surface area contributed by atoms with Crippen LogP contribution >= 0.6 is 0 Å². The van der Waals surface area contributed by atoms with Crippen LogP contribution in [-0.4, -0.2) is 22.4 Å². The second kappa shape index (κ2) is 9.68. The zero-order valence-electron chi connectivity index (χ0n) is 18.7. The van der Waals surface area contributed by atoms with Gasteiger partial charge in [-0.2, -0.15) is 4.98 Å². The fraction of sp³-hybridized carbons (Fsp3) is 0.360. The lowest BCUT2D eigenvalue weighted by Gasteiger charge is -2.17. The molecule has 33 heavy (non-hydrogen) atoms. The fourth-order valence-electron chi connectivity index (χ4n) is 4.16. The third-order valence-electron chi connectivity index (χ3n) is 5.77. The maximum absolute atomic E-state index is 12.7. The molecule has 1 fully saturated rings. The Morgan fingerprint density at radius 3 is 2.52 bits per heavy atom. The SMILES string of the molecule is CCc1cccc(C)c1Nc1cc(-c2cccc(OC(F)(F)F)c2)nc(NC2CCCC2)n1. The molecule has 2 aromatic carbocycles. The van der Waals surface area contributed by atoms with Crippen molar-refractivity contribution in [2.45, 2.75) is 58.4 Å². The van der Waals surface area contributed by atoms with Crippen LogP contribution in [0, 0.1) is 6.92 Å². The van der Waals surface area contributed by atoms with E-state index in [9.17, 15) is 13.2 Å². The van der Waals surface area contributed by atoms with Crippen molar-refractivity contribution in [2.75, 3.05) is 10.6 Å². The number of para-hydroxylation sites is 1. The number of alkyl halides is 3. The standard InChI is InChI=1S/C25H27F3N4O/c1-3-17-9-6-8-16(2)23(17)31-22-15-21(30-24(32-22)29-19-11-4-5-12-19)18-10-7-13-20(14-18)33-25(26,27)28/h6-10,13-15,19H,3-5,11-12H2,1-2H3,(H2,29,30,31,32). The summed E-state index contributed by atoms with van der Waals surface area (Å²) >= 11 is 0. The lowest BCUT2D eigenvalue weighted by Crippen LogP contribution is -2.17. The fourth-order valence-corrected chi connectivity index (χ4v) is 4.16. The number of ether oxygens (including phenoxy) is 1. The number of aromatic nitrogens is 2. The van der Waals surface area contributed by atoms with Crippen molar-refractivity contribution in [1.82, 2.24) is 9.97 Å². The van der Waals surface area contributed by atoms with Crippen LogP contribution < -0.4 is 15.4 Å². The molecule has 2 N–H and O–H groups in total. The van der Waals surface area contributed by atoms with Crippen molar-refractivity contribution < 1.29 is 17.9 Å². The highest BCUT2D eigenvalue weighted by molar-refractivity contribution is 5.71. The van der Waals surface area contributed by atoms with E-state index in [0.717, 1.165) is 48.9 Å². The third-order valence-corrected chi connectivity index (χ3v) is 5.77. The Morgan fingerprint density at radius 1 is 1.03 bits per heavy atom. The van der Waals surface area contributed by atoms with Gasteiger partial charge >= 0.3 is 6.36 Å². The van der Waals surface area contributed by atoms with Crippen LogP contribution in [0.4, 0.5) is 30.6 Å². The van der Waals surface area contributed by atoms with Gasteiger partial charge in [0, 0.05) is 23.4 Å². The van der Waals surface area contributed by atoms with Gasteiger partial charge in [-0.05, 0) is 49.4 Å². The largest absolute Gasteiger partial charge is 0.573 e. The molecule has 1 heterocycles. The first-order valence-electron chi connectivity index (χ1n) is 11.2. The molecule has 174 valence electrons. The van der Waals surface area contributed by atoms with Gasteiger partial charge in [-0.15, -0.1) is 13.2 Å². The average Bonchev–Trinajstić information content (AvgIpc) is 3.27. The highest BCUT2D eigenvalue weighted by Crippen LogP contribution is 2.31. The summed E-state index contributed by atoms with van der Waals surface area (Å²) in [6.07, 6.45) is 0.496. The molecule has 0 bridgehead atoms. The van der Waals surface area contributed by atoms with Crippen molar-refractivity contribution in [3.05, 3.63) is 59.7 Å². The molecule has 0 atom stereocenters. The minimum Gasteiger partial charge on any atom is -0.406 e. The van der Waals surface area contributed by atoms with Gasteiger partial charge in [0.2, 0.25) is 5.95 Å². The molecule has 1 saturated carbocycles. The smallest absolute Gasteiger partial charge is 0.406 e. The summed E-state index contributed by atoms with van der Waals surface area (Å²) in [5, 5.41) is 6.82. The van der Waals surface area contributed by atoms with Gasteiger partial charge in [0.1, 0.15) is 11.6 Å². The van der Waals surface area contributed by atoms with Crippen LogP contribution in [0.15, 0.2) is 48.5 Å². The van der Waals surface area contributed by atoms with Gasteiger partial charge in [0.15, 0.2) is 0 Å². The van der Waals surface area contributed by atoms with E-state index in [1.165, 1.54) is 18.2 Å². The van der Waals surface area contributed by atoms with Crippen molar-refractivity contribution in [1.29, 1.82) is 0 Å². The molecule has 3 aromatic rings. The minimum atomic E-state index is -4.76. The molecule has 0 amide bonds. The van der Waals surface area contributed by atoms with Gasteiger partial charge in [-0.25, -0.2) is 4.98 Å². The van der Waals surface area contributed by atoms with Gasteiger partial charge < -0.3 is 15.4 Å². The zero-order valence-corrected chi connectivity index (χ0v) is 18.7.